The summed E-state index contributed by atoms with van der Waals surface area (Å²) in [5.41, 5.74) is -0.454. The molecule has 6 heteroatoms. The summed E-state index contributed by atoms with van der Waals surface area (Å²) >= 11 is 5.16. The summed E-state index contributed by atoms with van der Waals surface area (Å²) in [6, 6.07) is 4.16. The monoisotopic (exact) mass is 237 g/mol. The van der Waals surface area contributed by atoms with Crippen LogP contribution in [0.2, 0.25) is 0 Å². The molecular formula is C9H7ClF3NO. The van der Waals surface area contributed by atoms with Gasteiger partial charge in [-0.05, 0) is 35.9 Å². The lowest BCUT2D eigenvalue weighted by Gasteiger charge is -2.14. The van der Waals surface area contributed by atoms with Gasteiger partial charge in [0.2, 0.25) is 0 Å². The highest BCUT2D eigenvalue weighted by Crippen LogP contribution is 2.30. The molecule has 1 amide bonds. The van der Waals surface area contributed by atoms with Gasteiger partial charge in [-0.25, -0.2) is 0 Å². The lowest BCUT2D eigenvalue weighted by molar-refractivity contribution is -0.137. The molecule has 0 saturated carbocycles. The second-order valence-electron chi connectivity index (χ2n) is 2.86. The molecule has 0 spiro atoms. The number of carbonyl (C=O) groups excluding carboxylic acids is 1. The quantitative estimate of drug-likeness (QED) is 0.541. The molecule has 0 atom stereocenters. The van der Waals surface area contributed by atoms with Crippen LogP contribution in [-0.2, 0) is 6.18 Å². The molecule has 0 saturated heterocycles. The van der Waals surface area contributed by atoms with Crippen LogP contribution in [0.4, 0.5) is 23.7 Å². The van der Waals surface area contributed by atoms with Crippen molar-refractivity contribution in [2.24, 2.45) is 0 Å². The number of amides is 1. The first-order chi connectivity index (χ1) is 6.82. The highest BCUT2D eigenvalue weighted by Gasteiger charge is 2.30. The molecular weight excluding hydrogens is 231 g/mol. The number of hydrogen-bond donors (Lipinski definition) is 0. The summed E-state index contributed by atoms with van der Waals surface area (Å²) < 4.78 is 36.5. The van der Waals surface area contributed by atoms with Crippen LogP contribution in [0, 0.1) is 0 Å². The van der Waals surface area contributed by atoms with Crippen LogP contribution in [0.1, 0.15) is 5.56 Å². The average Bonchev–Trinajstić information content (AvgIpc) is 2.15. The predicted molar refractivity (Wildman–Crippen MR) is 51.1 cm³/mol. The van der Waals surface area contributed by atoms with Crippen molar-refractivity contribution in [3.63, 3.8) is 0 Å². The molecule has 0 aromatic heterocycles. The molecule has 1 aromatic carbocycles. The molecule has 0 radical (unpaired) electrons. The predicted octanol–water partition coefficient (Wildman–Crippen LogP) is 3.50. The molecule has 2 nitrogen and oxygen atoms in total. The molecule has 0 unspecified atom stereocenters. The minimum atomic E-state index is -4.37. The third-order valence-corrected chi connectivity index (χ3v) is 2.10. The number of benzene rings is 1. The Morgan fingerprint density at radius 2 is 1.73 bits per heavy atom. The molecule has 0 heterocycles. The summed E-state index contributed by atoms with van der Waals surface area (Å²) in [6.45, 7) is 0. The average molecular weight is 238 g/mol. The topological polar surface area (TPSA) is 20.3 Å². The number of hydrogen-bond acceptors (Lipinski definition) is 1. The minimum Gasteiger partial charge on any atom is -0.302 e. The van der Waals surface area contributed by atoms with Crippen molar-refractivity contribution >= 4 is 22.7 Å². The van der Waals surface area contributed by atoms with Gasteiger partial charge in [0.05, 0.1) is 5.56 Å². The van der Waals surface area contributed by atoms with Gasteiger partial charge in [-0.2, -0.15) is 13.2 Å². The zero-order chi connectivity index (χ0) is 11.6. The molecule has 0 aliphatic rings. The Morgan fingerprint density at radius 1 is 1.27 bits per heavy atom. The van der Waals surface area contributed by atoms with E-state index in [1.54, 1.807) is 0 Å². The second-order valence-corrected chi connectivity index (χ2v) is 3.18. The van der Waals surface area contributed by atoms with Crippen molar-refractivity contribution in [3.05, 3.63) is 29.8 Å². The Kier molecular flexibility index (Phi) is 3.24. The Bertz CT molecular complexity index is 361. The van der Waals surface area contributed by atoms with Crippen LogP contribution in [0.3, 0.4) is 0 Å². The molecule has 82 valence electrons. The van der Waals surface area contributed by atoms with Gasteiger partial charge in [-0.1, -0.05) is 0 Å². The maximum atomic E-state index is 12.2. The summed E-state index contributed by atoms with van der Waals surface area (Å²) in [5, 5.41) is -0.755. The van der Waals surface area contributed by atoms with Crippen molar-refractivity contribution in [2.45, 2.75) is 6.18 Å². The maximum Gasteiger partial charge on any atom is 0.416 e. The normalized spacial score (nSPS) is 11.3. The van der Waals surface area contributed by atoms with Gasteiger partial charge in [0.1, 0.15) is 0 Å². The van der Waals surface area contributed by atoms with Crippen LogP contribution >= 0.6 is 11.6 Å². The number of halogens is 4. The fourth-order valence-corrected chi connectivity index (χ4v) is 1.07. The van der Waals surface area contributed by atoms with E-state index in [0.29, 0.717) is 5.69 Å². The van der Waals surface area contributed by atoms with E-state index in [1.807, 2.05) is 0 Å². The smallest absolute Gasteiger partial charge is 0.302 e. The molecule has 0 N–H and O–H groups in total. The second kappa shape index (κ2) is 4.10. The Morgan fingerprint density at radius 3 is 2.07 bits per heavy atom. The molecule has 15 heavy (non-hydrogen) atoms. The number of rotatable bonds is 1. The van der Waals surface area contributed by atoms with Gasteiger partial charge >= 0.3 is 11.5 Å². The largest absolute Gasteiger partial charge is 0.416 e. The van der Waals surface area contributed by atoms with Gasteiger partial charge in [0.25, 0.3) is 0 Å². The highest BCUT2D eigenvalue weighted by atomic mass is 35.5. The Balaban J connectivity index is 2.95. The third kappa shape index (κ3) is 2.86. The standard InChI is InChI=1S/C9H7ClF3NO/c1-14(8(10)15)7-4-2-6(3-5-7)9(11,12)13/h2-5H,1H3. The van der Waals surface area contributed by atoms with Crippen LogP contribution in [-0.4, -0.2) is 12.4 Å². The Labute approximate surface area is 89.2 Å². The van der Waals surface area contributed by atoms with Crippen LogP contribution in [0.15, 0.2) is 24.3 Å². The van der Waals surface area contributed by atoms with Crippen molar-refractivity contribution in [2.75, 3.05) is 11.9 Å². The van der Waals surface area contributed by atoms with Crippen molar-refractivity contribution in [3.8, 4) is 0 Å². The van der Waals surface area contributed by atoms with Crippen LogP contribution < -0.4 is 4.90 Å². The molecule has 0 bridgehead atoms. The van der Waals surface area contributed by atoms with Crippen molar-refractivity contribution < 1.29 is 18.0 Å². The van der Waals surface area contributed by atoms with Gasteiger partial charge < -0.3 is 4.90 Å². The number of alkyl halides is 3. The Hall–Kier alpha value is -1.23. The van der Waals surface area contributed by atoms with Gasteiger partial charge in [0.15, 0.2) is 0 Å². The third-order valence-electron chi connectivity index (χ3n) is 1.85. The molecule has 1 aromatic rings. The zero-order valence-corrected chi connectivity index (χ0v) is 8.43. The van der Waals surface area contributed by atoms with E-state index in [-0.39, 0.29) is 0 Å². The number of nitrogens with zero attached hydrogens (tertiary/aromatic N) is 1. The number of anilines is 1. The lowest BCUT2D eigenvalue weighted by atomic mass is 10.2. The first-order valence-corrected chi connectivity index (χ1v) is 4.30. The maximum absolute atomic E-state index is 12.2. The lowest BCUT2D eigenvalue weighted by Crippen LogP contribution is -2.19. The highest BCUT2D eigenvalue weighted by molar-refractivity contribution is 6.66. The van der Waals surface area contributed by atoms with Crippen LogP contribution in [0.25, 0.3) is 0 Å². The molecule has 1 rings (SSSR count). The van der Waals surface area contributed by atoms with E-state index in [4.69, 9.17) is 11.6 Å². The summed E-state index contributed by atoms with van der Waals surface area (Å²) in [6.07, 6.45) is -4.37. The first-order valence-electron chi connectivity index (χ1n) is 3.93. The van der Waals surface area contributed by atoms with Crippen molar-refractivity contribution in [1.82, 2.24) is 0 Å². The fourth-order valence-electron chi connectivity index (χ4n) is 0.976. The fraction of sp³-hybridized carbons (Fsp3) is 0.222. The van der Waals surface area contributed by atoms with E-state index in [0.717, 1.165) is 17.0 Å². The zero-order valence-electron chi connectivity index (χ0n) is 7.68. The van der Waals surface area contributed by atoms with E-state index in [2.05, 4.69) is 0 Å². The van der Waals surface area contributed by atoms with Gasteiger partial charge in [-0.15, -0.1) is 0 Å². The van der Waals surface area contributed by atoms with E-state index in [9.17, 15) is 18.0 Å². The molecule has 0 aliphatic carbocycles. The minimum absolute atomic E-state index is 0.308. The van der Waals surface area contributed by atoms with E-state index in [1.165, 1.54) is 19.2 Å². The van der Waals surface area contributed by atoms with E-state index < -0.39 is 17.1 Å². The van der Waals surface area contributed by atoms with Gasteiger partial charge in [0, 0.05) is 12.7 Å². The summed E-state index contributed by atoms with van der Waals surface area (Å²) in [4.78, 5) is 11.7. The van der Waals surface area contributed by atoms with E-state index >= 15 is 0 Å². The molecule has 0 fully saturated rings. The van der Waals surface area contributed by atoms with Crippen LogP contribution in [0.5, 0.6) is 0 Å². The van der Waals surface area contributed by atoms with Crippen molar-refractivity contribution in [1.29, 1.82) is 0 Å². The SMILES string of the molecule is CN(C(=O)Cl)c1ccc(C(F)(F)F)cc1. The summed E-state index contributed by atoms with van der Waals surface area (Å²) in [7, 11) is 1.37. The summed E-state index contributed by atoms with van der Waals surface area (Å²) in [5.74, 6) is 0. The number of carbonyl (C=O) groups is 1. The molecule has 0 aliphatic heterocycles. The van der Waals surface area contributed by atoms with Gasteiger partial charge in [-0.3, -0.25) is 4.79 Å². The first kappa shape index (κ1) is 11.8.